The van der Waals surface area contributed by atoms with Crippen LogP contribution in [0.4, 0.5) is 35.9 Å². The lowest BCUT2D eigenvalue weighted by atomic mass is 9.93. The second-order valence-corrected chi connectivity index (χ2v) is 15.9. The molecule has 0 spiro atoms. The fourth-order valence-corrected chi connectivity index (χ4v) is 8.24. The highest BCUT2D eigenvalue weighted by Crippen LogP contribution is 2.40. The SMILES string of the molecule is CCc1cc(N2C(=S)N(c3cnc(C#N)c(C(F)(F)F)c3)C(=O)C2(C)C)ccc1OCCC1CCN([C@H](C)C(=O)Nc2cc(C#N)cc(NC3CCC(=O)NC3=O)c2)CC1. The van der Waals surface area contributed by atoms with E-state index < -0.39 is 46.9 Å². The Morgan fingerprint density at radius 3 is 2.42 bits per heavy atom. The molecule has 3 saturated heterocycles. The molecule has 2 aromatic carbocycles. The van der Waals surface area contributed by atoms with Crippen LogP contribution >= 0.6 is 12.2 Å². The molecule has 1 unspecified atom stereocenters. The van der Waals surface area contributed by atoms with Crippen LogP contribution in [-0.4, -0.2) is 75.9 Å². The summed E-state index contributed by atoms with van der Waals surface area (Å²) in [6.07, 6.45) is -0.221. The first-order chi connectivity index (χ1) is 28.4. The maximum Gasteiger partial charge on any atom is 0.419 e. The molecular weight excluding hydrogens is 800 g/mol. The van der Waals surface area contributed by atoms with Gasteiger partial charge in [0.1, 0.15) is 23.4 Å². The second kappa shape index (κ2) is 17.6. The van der Waals surface area contributed by atoms with E-state index in [0.29, 0.717) is 72.9 Å². The van der Waals surface area contributed by atoms with Crippen molar-refractivity contribution in [2.45, 2.75) is 90.0 Å². The van der Waals surface area contributed by atoms with Crippen molar-refractivity contribution in [3.63, 3.8) is 0 Å². The van der Waals surface area contributed by atoms with Crippen molar-refractivity contribution in [2.75, 3.05) is 40.1 Å². The van der Waals surface area contributed by atoms with Crippen molar-refractivity contribution in [2.24, 2.45) is 5.92 Å². The first kappa shape index (κ1) is 43.5. The van der Waals surface area contributed by atoms with Crippen molar-refractivity contribution in [3.05, 3.63) is 71.0 Å². The van der Waals surface area contributed by atoms with Crippen molar-refractivity contribution in [1.82, 2.24) is 15.2 Å². The van der Waals surface area contributed by atoms with Crippen molar-refractivity contribution in [1.29, 1.82) is 10.5 Å². The zero-order chi connectivity index (χ0) is 43.5. The van der Waals surface area contributed by atoms with E-state index in [-0.39, 0.29) is 29.0 Å². The number of amides is 4. The number of aryl methyl sites for hydroxylation is 1. The number of carbonyl (C=O) groups is 4. The van der Waals surface area contributed by atoms with Gasteiger partial charge in [-0.25, -0.2) is 4.98 Å². The molecule has 60 heavy (non-hydrogen) atoms. The number of nitrogens with zero attached hydrogens (tertiary/aromatic N) is 6. The van der Waals surface area contributed by atoms with Gasteiger partial charge in [-0.2, -0.15) is 23.7 Å². The molecule has 3 aliphatic rings. The van der Waals surface area contributed by atoms with Crippen LogP contribution in [0.25, 0.3) is 0 Å². The number of hydrogen-bond acceptors (Lipinski definition) is 11. The zero-order valence-electron chi connectivity index (χ0n) is 33.5. The lowest BCUT2D eigenvalue weighted by molar-refractivity contribution is -0.138. The van der Waals surface area contributed by atoms with Crippen LogP contribution in [0.2, 0.25) is 0 Å². The molecule has 4 heterocycles. The Morgan fingerprint density at radius 1 is 1.05 bits per heavy atom. The van der Waals surface area contributed by atoms with E-state index in [1.807, 2.05) is 19.9 Å². The molecule has 4 amide bonds. The van der Waals surface area contributed by atoms with Gasteiger partial charge in [0.05, 0.1) is 41.7 Å². The minimum absolute atomic E-state index is 0.0276. The molecule has 3 N–H and O–H groups in total. The predicted octanol–water partition coefficient (Wildman–Crippen LogP) is 6.05. The fourth-order valence-electron chi connectivity index (χ4n) is 7.72. The number of carbonyl (C=O) groups excluding carboxylic acids is 4. The van der Waals surface area contributed by atoms with Crippen LogP contribution in [0.15, 0.2) is 48.7 Å². The minimum atomic E-state index is -4.86. The van der Waals surface area contributed by atoms with Gasteiger partial charge in [-0.05, 0) is 132 Å². The first-order valence-corrected chi connectivity index (χ1v) is 20.0. The third-order valence-electron chi connectivity index (χ3n) is 11.2. The van der Waals surface area contributed by atoms with E-state index in [9.17, 15) is 42.9 Å². The van der Waals surface area contributed by atoms with Crippen LogP contribution in [0.3, 0.4) is 0 Å². The Hall–Kier alpha value is -6.11. The van der Waals surface area contributed by atoms with Gasteiger partial charge < -0.3 is 20.3 Å². The minimum Gasteiger partial charge on any atom is -0.493 e. The molecule has 1 aromatic heterocycles. The average Bonchev–Trinajstić information content (AvgIpc) is 3.39. The summed E-state index contributed by atoms with van der Waals surface area (Å²) in [5.41, 5.74) is -0.895. The molecule has 18 heteroatoms. The normalized spacial score (nSPS) is 19.1. The standard InChI is InChI=1S/C42H44F3N9O5S/c1-5-27-18-30(54-40(60)53(39(58)41(54,3)4)31-20-32(42(43,44)45)34(22-47)48-23-31)6-8-35(27)59-15-12-25-10-13-52(14-11-25)24(2)37(56)50-29-17-26(21-46)16-28(19-29)49-33-7-9-36(55)51-38(33)57/h6,8,16-20,23-25,33,49H,5,7,9-15H2,1-4H3,(H,50,56)(H,51,55,57)/t24-,33?/m1/s1. The maximum atomic E-state index is 13.7. The largest absolute Gasteiger partial charge is 0.493 e. The summed E-state index contributed by atoms with van der Waals surface area (Å²) in [4.78, 5) is 59.2. The van der Waals surface area contributed by atoms with Gasteiger partial charge in [0.25, 0.3) is 5.91 Å². The molecule has 3 aliphatic heterocycles. The quantitative estimate of drug-likeness (QED) is 0.142. The summed E-state index contributed by atoms with van der Waals surface area (Å²) in [6.45, 7) is 8.91. The third-order valence-corrected chi connectivity index (χ3v) is 11.5. The van der Waals surface area contributed by atoms with Gasteiger partial charge in [-0.3, -0.25) is 34.3 Å². The summed E-state index contributed by atoms with van der Waals surface area (Å²) >= 11 is 5.69. The fraction of sp³-hybridized carbons (Fsp3) is 0.429. The Labute approximate surface area is 350 Å². The van der Waals surface area contributed by atoms with Gasteiger partial charge in [0.15, 0.2) is 10.8 Å². The first-order valence-electron chi connectivity index (χ1n) is 19.6. The number of thiocarbonyl (C=S) groups is 1. The number of alkyl halides is 3. The summed E-state index contributed by atoms with van der Waals surface area (Å²) < 4.78 is 47.5. The Morgan fingerprint density at radius 2 is 1.77 bits per heavy atom. The van der Waals surface area contributed by atoms with E-state index >= 15 is 0 Å². The lowest BCUT2D eigenvalue weighted by Crippen LogP contribution is -2.47. The van der Waals surface area contributed by atoms with Crippen LogP contribution in [0.5, 0.6) is 5.75 Å². The predicted molar refractivity (Wildman–Crippen MR) is 220 cm³/mol. The molecule has 2 atom stereocenters. The van der Waals surface area contributed by atoms with Gasteiger partial charge in [-0.15, -0.1) is 0 Å². The number of ether oxygens (including phenoxy) is 1. The molecule has 0 aliphatic carbocycles. The molecule has 6 rings (SSSR count). The number of aromatic nitrogens is 1. The van der Waals surface area contributed by atoms with E-state index in [1.165, 1.54) is 6.07 Å². The van der Waals surface area contributed by atoms with Crippen molar-refractivity contribution >= 4 is 63.7 Å². The zero-order valence-corrected chi connectivity index (χ0v) is 34.3. The highest BCUT2D eigenvalue weighted by atomic mass is 32.1. The van der Waals surface area contributed by atoms with Crippen LogP contribution in [-0.2, 0) is 31.8 Å². The molecule has 3 fully saturated rings. The average molecular weight is 844 g/mol. The summed E-state index contributed by atoms with van der Waals surface area (Å²) in [5, 5.41) is 27.0. The number of benzene rings is 2. The number of halogens is 3. The summed E-state index contributed by atoms with van der Waals surface area (Å²) in [6, 6.07) is 13.4. The Bertz CT molecular complexity index is 2300. The van der Waals surface area contributed by atoms with Crippen molar-refractivity contribution in [3.8, 4) is 17.9 Å². The molecule has 314 valence electrons. The monoisotopic (exact) mass is 843 g/mol. The van der Waals surface area contributed by atoms with Gasteiger partial charge >= 0.3 is 6.18 Å². The van der Waals surface area contributed by atoms with Crippen molar-refractivity contribution < 1.29 is 37.1 Å². The second-order valence-electron chi connectivity index (χ2n) is 15.5. The van der Waals surface area contributed by atoms with Gasteiger partial charge in [0.2, 0.25) is 17.7 Å². The number of rotatable bonds is 12. The number of piperidine rings is 2. The molecule has 0 radical (unpaired) electrons. The molecule has 3 aromatic rings. The summed E-state index contributed by atoms with van der Waals surface area (Å²) in [5.74, 6) is -0.524. The third kappa shape index (κ3) is 9.20. The topological polar surface area (TPSA) is 184 Å². The molecular formula is C42H44F3N9O5S. The van der Waals surface area contributed by atoms with Crippen LogP contribution < -0.4 is 30.5 Å². The number of likely N-dealkylation sites (tertiary alicyclic amines) is 1. The number of hydrogen-bond donors (Lipinski definition) is 3. The molecule has 14 nitrogen and oxygen atoms in total. The van der Waals surface area contributed by atoms with E-state index in [4.69, 9.17) is 17.0 Å². The van der Waals surface area contributed by atoms with E-state index in [2.05, 4.69) is 31.9 Å². The number of pyridine rings is 1. The molecule has 0 bridgehead atoms. The highest BCUT2D eigenvalue weighted by Gasteiger charge is 2.51. The Kier molecular flexibility index (Phi) is 12.8. The smallest absolute Gasteiger partial charge is 0.419 e. The lowest BCUT2D eigenvalue weighted by Gasteiger charge is -2.35. The summed E-state index contributed by atoms with van der Waals surface area (Å²) in [7, 11) is 0. The van der Waals surface area contributed by atoms with E-state index in [1.54, 1.807) is 49.1 Å². The number of anilines is 4. The Balaban J connectivity index is 1.02. The van der Waals surface area contributed by atoms with Crippen LogP contribution in [0, 0.1) is 28.6 Å². The molecule has 0 saturated carbocycles. The van der Waals surface area contributed by atoms with E-state index in [0.717, 1.165) is 35.9 Å². The number of imide groups is 1. The number of nitrogens with one attached hydrogen (secondary N) is 3. The van der Waals surface area contributed by atoms with Gasteiger partial charge in [0, 0.05) is 23.5 Å². The van der Waals surface area contributed by atoms with Crippen LogP contribution in [0.1, 0.15) is 82.2 Å². The maximum absolute atomic E-state index is 13.7. The van der Waals surface area contributed by atoms with Gasteiger partial charge in [-0.1, -0.05) is 6.92 Å². The number of nitriles is 2. The highest BCUT2D eigenvalue weighted by molar-refractivity contribution is 7.81.